The van der Waals surface area contributed by atoms with Gasteiger partial charge in [-0.15, -0.1) is 6.58 Å². The first kappa shape index (κ1) is 28.8. The lowest BCUT2D eigenvalue weighted by atomic mass is 9.63. The average molecular weight is 558 g/mol. The Morgan fingerprint density at radius 3 is 2.07 bits per heavy atom. The van der Waals surface area contributed by atoms with Gasteiger partial charge in [0.25, 0.3) is 0 Å². The van der Waals surface area contributed by atoms with Crippen LogP contribution in [0.15, 0.2) is 71.6 Å². The summed E-state index contributed by atoms with van der Waals surface area (Å²) in [4.78, 5) is 29.9. The quantitative estimate of drug-likeness (QED) is 0.331. The molecule has 41 heavy (non-hydrogen) atoms. The summed E-state index contributed by atoms with van der Waals surface area (Å²) in [5, 5.41) is 0. The monoisotopic (exact) mass is 557 g/mol. The van der Waals surface area contributed by atoms with Gasteiger partial charge in [0.15, 0.2) is 23.1 Å². The van der Waals surface area contributed by atoms with Gasteiger partial charge in [0.1, 0.15) is 12.4 Å². The Hall–Kier alpha value is -3.67. The Labute approximate surface area is 242 Å². The van der Waals surface area contributed by atoms with Gasteiger partial charge in [0.2, 0.25) is 0 Å². The molecule has 3 aliphatic rings. The second-order valence-electron chi connectivity index (χ2n) is 13.2. The fourth-order valence-electron chi connectivity index (χ4n) is 6.74. The molecule has 0 saturated heterocycles. The summed E-state index contributed by atoms with van der Waals surface area (Å²) in [7, 11) is 3.58. The van der Waals surface area contributed by atoms with Gasteiger partial charge in [-0.25, -0.2) is 4.39 Å². The highest BCUT2D eigenvalue weighted by molar-refractivity contribution is 6.06. The molecule has 216 valence electrons. The van der Waals surface area contributed by atoms with E-state index in [1.54, 1.807) is 31.4 Å². The van der Waals surface area contributed by atoms with Crippen molar-refractivity contribution in [3.05, 3.63) is 94.1 Å². The van der Waals surface area contributed by atoms with E-state index < -0.39 is 5.92 Å². The van der Waals surface area contributed by atoms with Gasteiger partial charge >= 0.3 is 0 Å². The molecule has 2 aliphatic carbocycles. The molecular formula is C35H40FNO4. The fraction of sp³-hybridized carbons (Fsp3) is 0.429. The first-order valence-corrected chi connectivity index (χ1v) is 14.3. The van der Waals surface area contributed by atoms with Crippen molar-refractivity contribution in [3.63, 3.8) is 0 Å². The van der Waals surface area contributed by atoms with Gasteiger partial charge in [-0.3, -0.25) is 9.59 Å². The van der Waals surface area contributed by atoms with E-state index in [1.165, 1.54) is 6.07 Å². The molecule has 0 aromatic heterocycles. The highest BCUT2D eigenvalue weighted by atomic mass is 19.1. The summed E-state index contributed by atoms with van der Waals surface area (Å²) >= 11 is 0. The van der Waals surface area contributed by atoms with Crippen LogP contribution in [0, 0.1) is 16.6 Å². The van der Waals surface area contributed by atoms with Crippen molar-refractivity contribution in [2.45, 2.75) is 72.3 Å². The number of benzene rings is 2. The highest BCUT2D eigenvalue weighted by Crippen LogP contribution is 2.54. The molecule has 2 aromatic carbocycles. The first-order valence-electron chi connectivity index (χ1n) is 14.3. The van der Waals surface area contributed by atoms with E-state index in [0.29, 0.717) is 47.5 Å². The number of hydrogen-bond donors (Lipinski definition) is 0. The second kappa shape index (κ2) is 10.6. The number of halogens is 1. The topological polar surface area (TPSA) is 55.8 Å². The molecule has 0 atom stereocenters. The lowest BCUT2D eigenvalue weighted by Crippen LogP contribution is -2.43. The standard InChI is InChI=1S/C35H40FNO4/c1-8-11-21-14-23(15-29(40-7)33(21)41-20-22-12-9-10-13-24(22)36)30-31-25(16-34(2,3)18-27(31)38)37(6)26-17-35(4,5)19-28(39)32(26)30/h8-10,12-15,30H,1,11,16-20H2,2-7H3. The van der Waals surface area contributed by atoms with E-state index in [9.17, 15) is 14.0 Å². The maximum Gasteiger partial charge on any atom is 0.165 e. The van der Waals surface area contributed by atoms with E-state index in [-0.39, 0.29) is 34.8 Å². The summed E-state index contributed by atoms with van der Waals surface area (Å²) in [6, 6.07) is 10.4. The van der Waals surface area contributed by atoms with Crippen molar-refractivity contribution in [1.82, 2.24) is 4.90 Å². The molecule has 1 heterocycles. The number of allylic oxidation sites excluding steroid dienone is 5. The summed E-state index contributed by atoms with van der Waals surface area (Å²) in [5.74, 6) is 0.328. The van der Waals surface area contributed by atoms with Crippen LogP contribution < -0.4 is 9.47 Å². The Morgan fingerprint density at radius 2 is 1.54 bits per heavy atom. The molecule has 0 amide bonds. The van der Waals surface area contributed by atoms with Gasteiger partial charge < -0.3 is 14.4 Å². The second-order valence-corrected chi connectivity index (χ2v) is 13.2. The molecule has 1 aliphatic heterocycles. The van der Waals surface area contributed by atoms with Crippen molar-refractivity contribution >= 4 is 11.6 Å². The molecule has 0 saturated carbocycles. The fourth-order valence-corrected chi connectivity index (χ4v) is 6.74. The van der Waals surface area contributed by atoms with Crippen LogP contribution in [0.4, 0.5) is 4.39 Å². The van der Waals surface area contributed by atoms with E-state index >= 15 is 0 Å². The number of Topliss-reactive ketones (excluding diaryl/α,β-unsaturated/α-hetero) is 2. The number of ether oxygens (including phenoxy) is 2. The number of rotatable bonds is 7. The number of nitrogens with zero attached hydrogens (tertiary/aromatic N) is 1. The lowest BCUT2D eigenvalue weighted by Gasteiger charge is -2.48. The smallest absolute Gasteiger partial charge is 0.165 e. The minimum absolute atomic E-state index is 0.0342. The number of carbonyl (C=O) groups is 2. The van der Waals surface area contributed by atoms with Gasteiger partial charge in [-0.1, -0.05) is 58.0 Å². The number of carbonyl (C=O) groups excluding carboxylic acids is 2. The van der Waals surface area contributed by atoms with Gasteiger partial charge in [-0.05, 0) is 47.8 Å². The molecule has 2 aromatic rings. The van der Waals surface area contributed by atoms with Crippen LogP contribution >= 0.6 is 0 Å². The van der Waals surface area contributed by atoms with Gasteiger partial charge in [0.05, 0.1) is 7.11 Å². The van der Waals surface area contributed by atoms with Crippen molar-refractivity contribution < 1.29 is 23.5 Å². The molecule has 6 heteroatoms. The van der Waals surface area contributed by atoms with Crippen molar-refractivity contribution in [2.75, 3.05) is 14.2 Å². The number of methoxy groups -OCH3 is 1. The minimum atomic E-state index is -0.485. The predicted molar refractivity (Wildman–Crippen MR) is 158 cm³/mol. The maximum atomic E-state index is 14.4. The summed E-state index contributed by atoms with van der Waals surface area (Å²) < 4.78 is 26.4. The van der Waals surface area contributed by atoms with Crippen LogP contribution in [0.25, 0.3) is 0 Å². The normalized spacial score (nSPS) is 20.1. The Morgan fingerprint density at radius 1 is 0.951 bits per heavy atom. The minimum Gasteiger partial charge on any atom is -0.493 e. The Bertz CT molecular complexity index is 1440. The van der Waals surface area contributed by atoms with E-state index in [0.717, 1.165) is 35.4 Å². The molecule has 0 unspecified atom stereocenters. The van der Waals surface area contributed by atoms with Crippen molar-refractivity contribution in [3.8, 4) is 11.5 Å². The Balaban J connectivity index is 1.68. The highest BCUT2D eigenvalue weighted by Gasteiger charge is 2.48. The van der Waals surface area contributed by atoms with E-state index in [2.05, 4.69) is 39.2 Å². The SMILES string of the molecule is C=CCc1cc(C2C3=C(CC(C)(C)CC3=O)N(C)C3=C2C(=O)CC(C)(C)C3)cc(OC)c1OCc1ccccc1F. The largest absolute Gasteiger partial charge is 0.493 e. The molecule has 0 bridgehead atoms. The van der Waals surface area contributed by atoms with Crippen LogP contribution in [0.2, 0.25) is 0 Å². The van der Waals surface area contributed by atoms with Gasteiger partial charge in [-0.2, -0.15) is 0 Å². The van der Waals surface area contributed by atoms with Crippen LogP contribution in [0.5, 0.6) is 11.5 Å². The number of hydrogen-bond acceptors (Lipinski definition) is 5. The van der Waals surface area contributed by atoms with E-state index in [4.69, 9.17) is 9.47 Å². The molecule has 0 radical (unpaired) electrons. The first-order chi connectivity index (χ1) is 19.4. The van der Waals surface area contributed by atoms with Crippen LogP contribution in [-0.4, -0.2) is 30.6 Å². The predicted octanol–water partition coefficient (Wildman–Crippen LogP) is 7.46. The summed E-state index contributed by atoms with van der Waals surface area (Å²) in [6.07, 6.45) is 4.63. The third-order valence-corrected chi connectivity index (χ3v) is 8.58. The molecule has 0 fully saturated rings. The summed E-state index contributed by atoms with van der Waals surface area (Å²) in [5.41, 5.74) is 5.17. The molecule has 5 rings (SSSR count). The third kappa shape index (κ3) is 5.37. The molecular weight excluding hydrogens is 517 g/mol. The van der Waals surface area contributed by atoms with Crippen LogP contribution in [-0.2, 0) is 22.6 Å². The third-order valence-electron chi connectivity index (χ3n) is 8.58. The van der Waals surface area contributed by atoms with Crippen LogP contribution in [0.3, 0.4) is 0 Å². The maximum absolute atomic E-state index is 14.4. The average Bonchev–Trinajstić information content (AvgIpc) is 2.88. The zero-order chi connectivity index (χ0) is 29.7. The zero-order valence-electron chi connectivity index (χ0n) is 25.0. The molecule has 0 spiro atoms. The van der Waals surface area contributed by atoms with Crippen molar-refractivity contribution in [1.29, 1.82) is 0 Å². The Kier molecular flexibility index (Phi) is 7.47. The zero-order valence-corrected chi connectivity index (χ0v) is 25.0. The van der Waals surface area contributed by atoms with E-state index in [1.807, 2.05) is 19.2 Å². The molecule has 0 N–H and O–H groups in total. The van der Waals surface area contributed by atoms with Crippen molar-refractivity contribution in [2.24, 2.45) is 10.8 Å². The van der Waals surface area contributed by atoms with Gasteiger partial charge in [0, 0.05) is 59.5 Å². The lowest BCUT2D eigenvalue weighted by molar-refractivity contribution is -0.119. The summed E-state index contributed by atoms with van der Waals surface area (Å²) in [6.45, 7) is 12.5. The van der Waals surface area contributed by atoms with Crippen LogP contribution in [0.1, 0.15) is 76.0 Å². The molecule has 5 nitrogen and oxygen atoms in total. The number of ketones is 2.